The van der Waals surface area contributed by atoms with Crippen LogP contribution in [0.4, 0.5) is 0 Å². The molecule has 0 saturated carbocycles. The molecule has 1 aromatic carbocycles. The third-order valence-electron chi connectivity index (χ3n) is 3.82. The van der Waals surface area contributed by atoms with E-state index in [1.807, 2.05) is 31.2 Å². The lowest BCUT2D eigenvalue weighted by Crippen LogP contribution is -2.11. The predicted octanol–water partition coefficient (Wildman–Crippen LogP) is 4.15. The molecule has 3 rings (SSSR count). The maximum atomic E-state index is 12.3. The summed E-state index contributed by atoms with van der Waals surface area (Å²) in [6.45, 7) is 7.80. The Kier molecular flexibility index (Phi) is 5.08. The molecule has 0 amide bonds. The summed E-state index contributed by atoms with van der Waals surface area (Å²) in [6.07, 6.45) is 0.547. The number of fused-ring (bicyclic) bond motifs is 1. The van der Waals surface area contributed by atoms with E-state index in [0.717, 1.165) is 11.8 Å². The Hall–Kier alpha value is -2.67. The molecule has 7 heteroatoms. The summed E-state index contributed by atoms with van der Waals surface area (Å²) in [7, 11) is 0. The van der Waals surface area contributed by atoms with Gasteiger partial charge in [0.15, 0.2) is 11.2 Å². The number of carbonyl (C=O) groups excluding carboxylic acids is 2. The molecule has 2 aromatic heterocycles. The van der Waals surface area contributed by atoms with Crippen molar-refractivity contribution in [1.82, 2.24) is 9.38 Å². The van der Waals surface area contributed by atoms with Crippen LogP contribution in [0.25, 0.3) is 16.2 Å². The molecular weight excluding hydrogens is 352 g/mol. The zero-order valence-corrected chi connectivity index (χ0v) is 15.9. The number of ether oxygens (including phenoxy) is 2. The number of carbonyl (C=O) groups is 2. The molecule has 0 bridgehead atoms. The van der Waals surface area contributed by atoms with Crippen LogP contribution in [0, 0.1) is 6.92 Å². The van der Waals surface area contributed by atoms with Crippen LogP contribution in [0.15, 0.2) is 24.3 Å². The van der Waals surface area contributed by atoms with E-state index in [-0.39, 0.29) is 6.10 Å². The van der Waals surface area contributed by atoms with Crippen molar-refractivity contribution < 1.29 is 19.1 Å². The SMILES string of the molecule is CCOc1ccccc1-c1nc2sc(C(=O)OC(C)C)c(C)n2c1C=O. The first-order valence-corrected chi connectivity index (χ1v) is 9.19. The average molecular weight is 372 g/mol. The second-order valence-electron chi connectivity index (χ2n) is 5.98. The molecule has 0 fully saturated rings. The van der Waals surface area contributed by atoms with E-state index in [4.69, 9.17) is 9.47 Å². The summed E-state index contributed by atoms with van der Waals surface area (Å²) in [5, 5.41) is 0. The number of aldehydes is 1. The highest BCUT2D eigenvalue weighted by Crippen LogP contribution is 2.35. The van der Waals surface area contributed by atoms with Crippen LogP contribution in [-0.2, 0) is 4.74 Å². The van der Waals surface area contributed by atoms with Gasteiger partial charge in [-0.05, 0) is 39.8 Å². The Morgan fingerprint density at radius 1 is 1.35 bits per heavy atom. The highest BCUT2D eigenvalue weighted by molar-refractivity contribution is 7.19. The lowest BCUT2D eigenvalue weighted by atomic mass is 10.1. The first-order chi connectivity index (χ1) is 12.5. The van der Waals surface area contributed by atoms with E-state index in [1.165, 1.54) is 11.3 Å². The van der Waals surface area contributed by atoms with Crippen LogP contribution in [-0.4, -0.2) is 34.4 Å². The van der Waals surface area contributed by atoms with Crippen LogP contribution < -0.4 is 4.74 Å². The first kappa shape index (κ1) is 18.1. The maximum absolute atomic E-state index is 12.3. The monoisotopic (exact) mass is 372 g/mol. The fourth-order valence-corrected chi connectivity index (χ4v) is 3.79. The van der Waals surface area contributed by atoms with E-state index in [2.05, 4.69) is 4.98 Å². The molecule has 136 valence electrons. The van der Waals surface area contributed by atoms with Gasteiger partial charge in [0.1, 0.15) is 22.0 Å². The summed E-state index contributed by atoms with van der Waals surface area (Å²) in [5.41, 5.74) is 2.33. The van der Waals surface area contributed by atoms with Gasteiger partial charge in [-0.15, -0.1) is 0 Å². The number of hydrogen-bond acceptors (Lipinski definition) is 6. The Labute approximate surface area is 155 Å². The standard InChI is InChI=1S/C19H20N2O4S/c1-5-24-15-9-7-6-8-13(15)16-14(10-22)21-12(4)17(26-19(21)20-16)18(23)25-11(2)3/h6-11H,5H2,1-4H3. The van der Waals surface area contributed by atoms with Gasteiger partial charge >= 0.3 is 5.97 Å². The average Bonchev–Trinajstić information content (AvgIpc) is 3.12. The van der Waals surface area contributed by atoms with Crippen molar-refractivity contribution in [1.29, 1.82) is 0 Å². The Morgan fingerprint density at radius 2 is 2.08 bits per heavy atom. The van der Waals surface area contributed by atoms with Gasteiger partial charge in [-0.2, -0.15) is 0 Å². The fraction of sp³-hybridized carbons (Fsp3) is 0.316. The largest absolute Gasteiger partial charge is 0.493 e. The Bertz CT molecular complexity index is 971. The number of aromatic nitrogens is 2. The van der Waals surface area contributed by atoms with Gasteiger partial charge < -0.3 is 9.47 Å². The topological polar surface area (TPSA) is 69.9 Å². The minimum absolute atomic E-state index is 0.213. The van der Waals surface area contributed by atoms with Crippen molar-refractivity contribution in [2.75, 3.05) is 6.61 Å². The Morgan fingerprint density at radius 3 is 2.73 bits per heavy atom. The minimum atomic E-state index is -0.402. The molecule has 0 atom stereocenters. The summed E-state index contributed by atoms with van der Waals surface area (Å²) in [6, 6.07) is 7.46. The number of esters is 1. The molecule has 0 saturated heterocycles. The molecule has 0 aliphatic rings. The zero-order valence-electron chi connectivity index (χ0n) is 15.1. The molecule has 0 radical (unpaired) electrons. The first-order valence-electron chi connectivity index (χ1n) is 8.38. The molecule has 0 N–H and O–H groups in total. The van der Waals surface area contributed by atoms with Crippen molar-refractivity contribution >= 4 is 28.6 Å². The van der Waals surface area contributed by atoms with Crippen molar-refractivity contribution in [2.45, 2.75) is 33.8 Å². The quantitative estimate of drug-likeness (QED) is 0.480. The highest BCUT2D eigenvalue weighted by atomic mass is 32.1. The zero-order chi connectivity index (χ0) is 18.8. The van der Waals surface area contributed by atoms with Gasteiger partial charge in [0, 0.05) is 11.3 Å². The van der Waals surface area contributed by atoms with Crippen molar-refractivity contribution in [3.05, 3.63) is 40.5 Å². The molecule has 2 heterocycles. The van der Waals surface area contributed by atoms with Gasteiger partial charge in [-0.3, -0.25) is 9.20 Å². The molecular formula is C19H20N2O4S. The maximum Gasteiger partial charge on any atom is 0.350 e. The van der Waals surface area contributed by atoms with Gasteiger partial charge in [-0.25, -0.2) is 9.78 Å². The van der Waals surface area contributed by atoms with Crippen LogP contribution in [0.1, 0.15) is 46.6 Å². The van der Waals surface area contributed by atoms with Crippen molar-refractivity contribution in [3.63, 3.8) is 0 Å². The number of thiazole rings is 1. The molecule has 0 spiro atoms. The van der Waals surface area contributed by atoms with Gasteiger partial charge in [0.2, 0.25) is 0 Å². The van der Waals surface area contributed by atoms with Crippen LogP contribution in [0.5, 0.6) is 5.75 Å². The Balaban J connectivity index is 2.16. The van der Waals surface area contributed by atoms with E-state index in [9.17, 15) is 9.59 Å². The van der Waals surface area contributed by atoms with Gasteiger partial charge in [-0.1, -0.05) is 23.5 Å². The molecule has 0 aliphatic carbocycles. The second-order valence-corrected chi connectivity index (χ2v) is 6.96. The van der Waals surface area contributed by atoms with Crippen molar-refractivity contribution in [3.8, 4) is 17.0 Å². The molecule has 6 nitrogen and oxygen atoms in total. The molecule has 0 aliphatic heterocycles. The van der Waals surface area contributed by atoms with Crippen LogP contribution >= 0.6 is 11.3 Å². The summed E-state index contributed by atoms with van der Waals surface area (Å²) in [5.74, 6) is 0.266. The normalized spacial score (nSPS) is 11.1. The number of para-hydroxylation sites is 1. The number of benzene rings is 1. The van der Waals surface area contributed by atoms with Gasteiger partial charge in [0.05, 0.1) is 12.7 Å². The van der Waals surface area contributed by atoms with E-state index < -0.39 is 5.97 Å². The number of rotatable bonds is 6. The number of hydrogen-bond donors (Lipinski definition) is 0. The third-order valence-corrected chi connectivity index (χ3v) is 4.94. The smallest absolute Gasteiger partial charge is 0.350 e. The lowest BCUT2D eigenvalue weighted by molar-refractivity contribution is 0.0382. The van der Waals surface area contributed by atoms with Crippen molar-refractivity contribution in [2.24, 2.45) is 0 Å². The minimum Gasteiger partial charge on any atom is -0.493 e. The highest BCUT2D eigenvalue weighted by Gasteiger charge is 2.24. The third kappa shape index (κ3) is 3.10. The number of imidazole rings is 1. The number of nitrogens with zero attached hydrogens (tertiary/aromatic N) is 2. The molecule has 0 unspecified atom stereocenters. The van der Waals surface area contributed by atoms with E-state index in [1.54, 1.807) is 25.2 Å². The summed E-state index contributed by atoms with van der Waals surface area (Å²) in [4.78, 5) is 29.7. The second kappa shape index (κ2) is 7.29. The lowest BCUT2D eigenvalue weighted by Gasteiger charge is -2.09. The fourth-order valence-electron chi connectivity index (χ4n) is 2.78. The number of aryl methyl sites for hydroxylation is 1. The molecule has 26 heavy (non-hydrogen) atoms. The summed E-state index contributed by atoms with van der Waals surface area (Å²) < 4.78 is 12.6. The van der Waals surface area contributed by atoms with E-state index >= 15 is 0 Å². The molecule has 3 aromatic rings. The van der Waals surface area contributed by atoms with E-state index in [0.29, 0.717) is 39.3 Å². The predicted molar refractivity (Wildman–Crippen MR) is 100 cm³/mol. The summed E-state index contributed by atoms with van der Waals surface area (Å²) >= 11 is 1.22. The van der Waals surface area contributed by atoms with Crippen LogP contribution in [0.2, 0.25) is 0 Å². The van der Waals surface area contributed by atoms with Gasteiger partial charge in [0.25, 0.3) is 0 Å². The van der Waals surface area contributed by atoms with Crippen LogP contribution in [0.3, 0.4) is 0 Å².